The van der Waals surface area contributed by atoms with Crippen molar-refractivity contribution in [3.05, 3.63) is 58.5 Å². The zero-order valence-corrected chi connectivity index (χ0v) is 26.4. The monoisotopic (exact) mass is 612 g/mol. The highest BCUT2D eigenvalue weighted by Crippen LogP contribution is 2.46. The Morgan fingerprint density at radius 2 is 1.77 bits per heavy atom. The number of carbonyl (C=O) groups excluding carboxylic acids is 2. The highest BCUT2D eigenvalue weighted by molar-refractivity contribution is 7.15. The molecule has 2 heterocycles. The van der Waals surface area contributed by atoms with Crippen LogP contribution in [-0.2, 0) is 20.7 Å². The van der Waals surface area contributed by atoms with Crippen LogP contribution in [-0.4, -0.2) is 36.1 Å². The van der Waals surface area contributed by atoms with Crippen molar-refractivity contribution in [1.82, 2.24) is 9.97 Å². The van der Waals surface area contributed by atoms with Gasteiger partial charge in [-0.3, -0.25) is 9.59 Å². The molecule has 2 aromatic heterocycles. The zero-order chi connectivity index (χ0) is 30.7. The second kappa shape index (κ2) is 13.1. The van der Waals surface area contributed by atoms with Crippen LogP contribution in [0.15, 0.2) is 36.5 Å². The number of nitrogens with one attached hydrogen (secondary N) is 1. The molecule has 3 fully saturated rings. The van der Waals surface area contributed by atoms with Crippen molar-refractivity contribution in [2.75, 3.05) is 19.5 Å². The lowest BCUT2D eigenvalue weighted by Gasteiger charge is -2.33. The Labute approximate surface area is 263 Å². The maximum Gasteiger partial charge on any atom is 0.321 e. The zero-order valence-electron chi connectivity index (χ0n) is 25.6. The summed E-state index contributed by atoms with van der Waals surface area (Å²) in [6.45, 7) is 0. The van der Waals surface area contributed by atoms with Crippen LogP contribution in [0.5, 0.6) is 5.75 Å². The Balaban J connectivity index is 1.26. The second-order valence-corrected chi connectivity index (χ2v) is 13.6. The van der Waals surface area contributed by atoms with Crippen LogP contribution < -0.4 is 10.1 Å². The smallest absolute Gasteiger partial charge is 0.321 e. The summed E-state index contributed by atoms with van der Waals surface area (Å²) < 4.78 is 10.5. The molecule has 230 valence electrons. The Morgan fingerprint density at radius 1 is 1.02 bits per heavy atom. The summed E-state index contributed by atoms with van der Waals surface area (Å²) in [7, 11) is 2.93. The molecule has 0 radical (unpaired) electrons. The molecule has 0 bridgehead atoms. The molecule has 1 aromatic carbocycles. The molecule has 1 N–H and O–H groups in total. The average Bonchev–Trinajstić information content (AvgIpc) is 3.81. The van der Waals surface area contributed by atoms with Gasteiger partial charge in [-0.2, -0.15) is 5.26 Å². The minimum atomic E-state index is -1.14. The van der Waals surface area contributed by atoms with Gasteiger partial charge in [0, 0.05) is 29.4 Å². The fourth-order valence-electron chi connectivity index (χ4n) is 7.09. The minimum absolute atomic E-state index is 0.256. The summed E-state index contributed by atoms with van der Waals surface area (Å²) in [5, 5.41) is 13.9. The van der Waals surface area contributed by atoms with Crippen molar-refractivity contribution in [3.63, 3.8) is 0 Å². The van der Waals surface area contributed by atoms with Crippen LogP contribution in [0.25, 0.3) is 10.4 Å². The molecule has 3 aliphatic rings. The third-order valence-electron chi connectivity index (χ3n) is 9.82. The Kier molecular flexibility index (Phi) is 8.99. The predicted octanol–water partition coefficient (Wildman–Crippen LogP) is 7.54. The van der Waals surface area contributed by atoms with E-state index in [1.807, 2.05) is 30.5 Å². The molecular weight excluding hydrogens is 572 g/mol. The van der Waals surface area contributed by atoms with E-state index in [0.717, 1.165) is 78.8 Å². The van der Waals surface area contributed by atoms with Gasteiger partial charge in [0.25, 0.3) is 0 Å². The van der Waals surface area contributed by atoms with Crippen LogP contribution in [0.4, 0.5) is 5.69 Å². The molecule has 3 aliphatic carbocycles. The predicted molar refractivity (Wildman–Crippen MR) is 170 cm³/mol. The maximum absolute atomic E-state index is 13.9. The van der Waals surface area contributed by atoms with Crippen molar-refractivity contribution in [3.8, 4) is 22.3 Å². The molecule has 0 saturated heterocycles. The number of anilines is 1. The highest BCUT2D eigenvalue weighted by Gasteiger charge is 2.47. The number of rotatable bonds is 9. The summed E-state index contributed by atoms with van der Waals surface area (Å²) in [6.07, 6.45) is 12.9. The lowest BCUT2D eigenvalue weighted by atomic mass is 9.73. The third-order valence-corrected chi connectivity index (χ3v) is 11.0. The van der Waals surface area contributed by atoms with Gasteiger partial charge in [-0.25, -0.2) is 9.97 Å². The largest absolute Gasteiger partial charge is 0.494 e. The number of hydrogen-bond donors (Lipinski definition) is 1. The summed E-state index contributed by atoms with van der Waals surface area (Å²) in [4.78, 5) is 37.4. The number of nitriles is 1. The van der Waals surface area contributed by atoms with E-state index in [1.165, 1.54) is 25.0 Å². The van der Waals surface area contributed by atoms with Gasteiger partial charge in [0.05, 0.1) is 24.1 Å². The first-order valence-electron chi connectivity index (χ1n) is 15.9. The topological polar surface area (TPSA) is 114 Å². The normalized spacial score (nSPS) is 21.2. The van der Waals surface area contributed by atoms with E-state index in [9.17, 15) is 14.9 Å². The van der Waals surface area contributed by atoms with Crippen molar-refractivity contribution in [2.45, 2.75) is 88.9 Å². The number of ether oxygens (including phenoxy) is 2. The van der Waals surface area contributed by atoms with E-state index >= 15 is 0 Å². The van der Waals surface area contributed by atoms with Crippen LogP contribution in [0.2, 0.25) is 0 Å². The number of benzene rings is 1. The number of carbonyl (C=O) groups is 2. The molecule has 6 rings (SSSR count). The first-order chi connectivity index (χ1) is 21.5. The maximum atomic E-state index is 13.9. The minimum Gasteiger partial charge on any atom is -0.494 e. The summed E-state index contributed by atoms with van der Waals surface area (Å²) in [5.41, 5.74) is 3.14. The van der Waals surface area contributed by atoms with Gasteiger partial charge in [0.15, 0.2) is 11.4 Å². The van der Waals surface area contributed by atoms with Gasteiger partial charge in [-0.15, -0.1) is 11.3 Å². The molecule has 0 unspecified atom stereocenters. The Bertz CT molecular complexity index is 1560. The van der Waals surface area contributed by atoms with Crippen molar-refractivity contribution in [1.29, 1.82) is 5.26 Å². The molecule has 8 nitrogen and oxygen atoms in total. The first kappa shape index (κ1) is 30.3. The number of thiazole rings is 1. The van der Waals surface area contributed by atoms with Gasteiger partial charge >= 0.3 is 5.97 Å². The van der Waals surface area contributed by atoms with Crippen molar-refractivity contribution in [2.24, 2.45) is 11.3 Å². The average molecular weight is 613 g/mol. The third kappa shape index (κ3) is 6.10. The summed E-state index contributed by atoms with van der Waals surface area (Å²) >= 11 is 1.76. The van der Waals surface area contributed by atoms with E-state index in [2.05, 4.69) is 22.4 Å². The molecule has 44 heavy (non-hydrogen) atoms. The molecular formula is C35H40N4O4S. The number of aromatic nitrogens is 2. The van der Waals surface area contributed by atoms with Gasteiger partial charge in [-0.1, -0.05) is 31.4 Å². The molecule has 3 aromatic rings. The van der Waals surface area contributed by atoms with E-state index in [4.69, 9.17) is 14.5 Å². The summed E-state index contributed by atoms with van der Waals surface area (Å²) in [6, 6.07) is 12.1. The first-order valence-corrected chi connectivity index (χ1v) is 16.7. The van der Waals surface area contributed by atoms with Gasteiger partial charge in [0.2, 0.25) is 5.91 Å². The number of amides is 1. The highest BCUT2D eigenvalue weighted by atomic mass is 32.1. The number of esters is 1. The Morgan fingerprint density at radius 3 is 2.45 bits per heavy atom. The fraction of sp³-hybridized carbons (Fsp3) is 0.514. The molecule has 1 amide bonds. The van der Waals surface area contributed by atoms with Gasteiger partial charge in [-0.05, 0) is 93.0 Å². The molecule has 9 heteroatoms. The second-order valence-electron chi connectivity index (χ2n) is 12.6. The molecule has 0 spiro atoms. The standard InChI is InChI=1S/C35H40N4O4S/c1-42-30-16-15-27(38-29(30)20-36)23-11-9-22(10-12-23)19-26-25(31-21-37-32(44-31)24-13-14-24)7-6-8-28(26)39-33(40)35(34(41)43-2)17-4-3-5-18-35/h6-8,15-16,21-24H,3-5,9-14,17-19H2,1-2H3,(H,39,40). The van der Waals surface area contributed by atoms with Gasteiger partial charge < -0.3 is 14.8 Å². The number of pyridine rings is 1. The molecule has 0 aliphatic heterocycles. The van der Waals surface area contributed by atoms with Crippen molar-refractivity contribution >= 4 is 28.9 Å². The SMILES string of the molecule is COC(=O)C1(C(=O)Nc2cccc(-c3cnc(C4CC4)s3)c2CC2CCC(c3ccc(OC)c(C#N)n3)CC2)CCCCC1. The van der Waals surface area contributed by atoms with Crippen molar-refractivity contribution < 1.29 is 19.1 Å². The number of nitrogens with zero attached hydrogens (tertiary/aromatic N) is 3. The number of hydrogen-bond acceptors (Lipinski definition) is 8. The van der Waals surface area contributed by atoms with E-state index < -0.39 is 11.4 Å². The summed E-state index contributed by atoms with van der Waals surface area (Å²) in [5.74, 6) is 1.12. The van der Waals surface area contributed by atoms with E-state index in [1.54, 1.807) is 18.4 Å². The Hall–Kier alpha value is -3.77. The van der Waals surface area contributed by atoms with Crippen LogP contribution in [0.1, 0.15) is 104 Å². The lowest BCUT2D eigenvalue weighted by molar-refractivity contribution is -0.159. The van der Waals surface area contributed by atoms with E-state index in [0.29, 0.717) is 42.0 Å². The fourth-order valence-corrected chi connectivity index (χ4v) is 8.23. The van der Waals surface area contributed by atoms with Crippen LogP contribution >= 0.6 is 11.3 Å². The number of methoxy groups -OCH3 is 2. The van der Waals surface area contributed by atoms with E-state index in [-0.39, 0.29) is 5.91 Å². The molecule has 0 atom stereocenters. The molecule has 3 saturated carbocycles. The van der Waals surface area contributed by atoms with Crippen LogP contribution in [0.3, 0.4) is 0 Å². The van der Waals surface area contributed by atoms with Gasteiger partial charge in [0.1, 0.15) is 11.5 Å². The lowest BCUT2D eigenvalue weighted by Crippen LogP contribution is -2.45. The van der Waals surface area contributed by atoms with Crippen LogP contribution in [0, 0.1) is 22.7 Å². The quantitative estimate of drug-likeness (QED) is 0.196.